The summed E-state index contributed by atoms with van der Waals surface area (Å²) in [4.78, 5) is 29.7. The molecule has 0 saturated carbocycles. The largest absolute Gasteiger partial charge is 0.353 e. The van der Waals surface area contributed by atoms with Crippen LogP contribution in [-0.4, -0.2) is 52.1 Å². The normalized spacial score (nSPS) is 19.2. The third-order valence-electron chi connectivity index (χ3n) is 6.09. The highest BCUT2D eigenvalue weighted by Gasteiger charge is 2.41. The van der Waals surface area contributed by atoms with Crippen LogP contribution in [0.4, 0.5) is 16.0 Å². The van der Waals surface area contributed by atoms with Crippen molar-refractivity contribution in [3.8, 4) is 22.6 Å². The maximum Gasteiger partial charge on any atom is 0.234 e. The van der Waals surface area contributed by atoms with Gasteiger partial charge in [-0.25, -0.2) is 19.3 Å². The van der Waals surface area contributed by atoms with Crippen LogP contribution < -0.4 is 16.4 Å². The van der Waals surface area contributed by atoms with Crippen LogP contribution in [0.1, 0.15) is 19.0 Å². The average Bonchev–Trinajstić information content (AvgIpc) is 3.39. The molecule has 38 heavy (non-hydrogen) atoms. The molecule has 0 bridgehead atoms. The number of anilines is 2. The number of amides is 1. The summed E-state index contributed by atoms with van der Waals surface area (Å²) in [7, 11) is 0. The first kappa shape index (κ1) is 25.5. The number of carbonyl (C=O) groups is 1. The summed E-state index contributed by atoms with van der Waals surface area (Å²) in [5.74, 6) is 0.264. The van der Waals surface area contributed by atoms with Crippen molar-refractivity contribution in [2.45, 2.75) is 13.2 Å². The summed E-state index contributed by atoms with van der Waals surface area (Å²) >= 11 is 0. The van der Waals surface area contributed by atoms with Gasteiger partial charge in [0.25, 0.3) is 0 Å². The van der Waals surface area contributed by atoms with Gasteiger partial charge in [-0.15, -0.1) is 0 Å². The molecule has 5 N–H and O–H groups in total. The molecule has 0 unspecified atom stereocenters. The standard InChI is InChI=1S/C27H28FN7O3/c1-27(25(36)32-19-5-3-2-4-6-19)15-37-24(38-16-27)23-34-21(17-7-9-18(28)10-8-17)22(35-23)20-11-13-30-26(33-20)31-14-12-29/h2-11,13,24H,12,14-16,29H2,1H3,(H,32,36)(H,34,35)(H,30,31,33). The number of nitrogens with two attached hydrogens (primary N) is 1. The zero-order valence-corrected chi connectivity index (χ0v) is 20.8. The predicted octanol–water partition coefficient (Wildman–Crippen LogP) is 3.73. The molecule has 2 aromatic heterocycles. The second-order valence-corrected chi connectivity index (χ2v) is 9.17. The highest BCUT2D eigenvalue weighted by molar-refractivity contribution is 5.95. The van der Waals surface area contributed by atoms with E-state index in [0.29, 0.717) is 53.2 Å². The Kier molecular flexibility index (Phi) is 7.40. The number of benzene rings is 2. The van der Waals surface area contributed by atoms with E-state index in [1.807, 2.05) is 30.3 Å². The molecule has 1 fully saturated rings. The van der Waals surface area contributed by atoms with Crippen LogP contribution in [0, 0.1) is 11.2 Å². The molecule has 1 aliphatic heterocycles. The van der Waals surface area contributed by atoms with Crippen LogP contribution >= 0.6 is 0 Å². The minimum atomic E-state index is -0.891. The number of H-pyrrole nitrogens is 1. The highest BCUT2D eigenvalue weighted by atomic mass is 19.1. The van der Waals surface area contributed by atoms with Crippen molar-refractivity contribution >= 4 is 17.5 Å². The molecule has 0 radical (unpaired) electrons. The Morgan fingerprint density at radius 1 is 1.11 bits per heavy atom. The Labute approximate surface area is 218 Å². The van der Waals surface area contributed by atoms with Crippen molar-refractivity contribution in [2.24, 2.45) is 11.1 Å². The zero-order valence-electron chi connectivity index (χ0n) is 20.8. The van der Waals surface area contributed by atoms with Gasteiger partial charge in [-0.1, -0.05) is 18.2 Å². The minimum Gasteiger partial charge on any atom is -0.353 e. The maximum absolute atomic E-state index is 13.6. The van der Waals surface area contributed by atoms with Crippen molar-refractivity contribution in [1.82, 2.24) is 19.9 Å². The number of hydrogen-bond donors (Lipinski definition) is 4. The fourth-order valence-electron chi connectivity index (χ4n) is 3.97. The fourth-order valence-corrected chi connectivity index (χ4v) is 3.97. The molecule has 0 spiro atoms. The number of ether oxygens (including phenoxy) is 2. The van der Waals surface area contributed by atoms with Gasteiger partial charge in [0.15, 0.2) is 5.82 Å². The molecule has 0 atom stereocenters. The average molecular weight is 518 g/mol. The molecule has 196 valence electrons. The van der Waals surface area contributed by atoms with Crippen molar-refractivity contribution < 1.29 is 18.7 Å². The monoisotopic (exact) mass is 517 g/mol. The second-order valence-electron chi connectivity index (χ2n) is 9.17. The van der Waals surface area contributed by atoms with Crippen LogP contribution in [0.2, 0.25) is 0 Å². The third-order valence-corrected chi connectivity index (χ3v) is 6.09. The van der Waals surface area contributed by atoms with Gasteiger partial charge < -0.3 is 30.8 Å². The molecule has 1 amide bonds. The van der Waals surface area contributed by atoms with E-state index in [4.69, 9.17) is 20.2 Å². The smallest absolute Gasteiger partial charge is 0.234 e. The maximum atomic E-state index is 13.6. The van der Waals surface area contributed by atoms with E-state index in [9.17, 15) is 9.18 Å². The van der Waals surface area contributed by atoms with E-state index < -0.39 is 11.7 Å². The number of rotatable bonds is 8. The number of aromatic nitrogens is 4. The summed E-state index contributed by atoms with van der Waals surface area (Å²) in [6.45, 7) is 2.98. The fraction of sp³-hybridized carbons (Fsp3) is 0.259. The summed E-state index contributed by atoms with van der Waals surface area (Å²) in [6.07, 6.45) is 0.790. The Morgan fingerprint density at radius 2 is 1.84 bits per heavy atom. The number of para-hydroxylation sites is 1. The van der Waals surface area contributed by atoms with Gasteiger partial charge in [-0.2, -0.15) is 0 Å². The molecule has 5 rings (SSSR count). The van der Waals surface area contributed by atoms with Gasteiger partial charge >= 0.3 is 0 Å². The molecule has 1 aliphatic rings. The zero-order chi connectivity index (χ0) is 26.5. The first-order chi connectivity index (χ1) is 18.4. The molecular formula is C27H28FN7O3. The number of nitrogens with one attached hydrogen (secondary N) is 3. The van der Waals surface area contributed by atoms with Crippen LogP contribution in [-0.2, 0) is 14.3 Å². The third kappa shape index (κ3) is 5.54. The Hall–Kier alpha value is -4.19. The van der Waals surface area contributed by atoms with Crippen molar-refractivity contribution in [3.63, 3.8) is 0 Å². The van der Waals surface area contributed by atoms with E-state index in [1.54, 1.807) is 31.3 Å². The van der Waals surface area contributed by atoms with Crippen LogP contribution in [0.5, 0.6) is 0 Å². The van der Waals surface area contributed by atoms with Crippen molar-refractivity contribution in [1.29, 1.82) is 0 Å². The first-order valence-electron chi connectivity index (χ1n) is 12.2. The molecule has 0 aliphatic carbocycles. The molecule has 11 heteroatoms. The number of halogens is 1. The van der Waals surface area contributed by atoms with E-state index in [2.05, 4.69) is 25.6 Å². The van der Waals surface area contributed by atoms with Gasteiger partial charge in [-0.05, 0) is 49.4 Å². The van der Waals surface area contributed by atoms with Gasteiger partial charge in [0.1, 0.15) is 5.82 Å². The Morgan fingerprint density at radius 3 is 2.55 bits per heavy atom. The molecular weight excluding hydrogens is 489 g/mol. The number of aromatic amines is 1. The van der Waals surface area contributed by atoms with Crippen LogP contribution in [0.15, 0.2) is 66.9 Å². The van der Waals surface area contributed by atoms with Gasteiger partial charge in [0.05, 0.1) is 35.7 Å². The number of hydrogen-bond acceptors (Lipinski definition) is 8. The quantitative estimate of drug-likeness (QED) is 0.277. The Balaban J connectivity index is 1.39. The van der Waals surface area contributed by atoms with E-state index in [-0.39, 0.29) is 24.9 Å². The van der Waals surface area contributed by atoms with E-state index in [1.165, 1.54) is 12.1 Å². The van der Waals surface area contributed by atoms with Crippen molar-refractivity contribution in [2.75, 3.05) is 36.9 Å². The van der Waals surface area contributed by atoms with Crippen LogP contribution in [0.25, 0.3) is 22.6 Å². The summed E-state index contributed by atoms with van der Waals surface area (Å²) in [6, 6.07) is 17.0. The predicted molar refractivity (Wildman–Crippen MR) is 140 cm³/mol. The molecule has 3 heterocycles. The number of carbonyl (C=O) groups excluding carboxylic acids is 1. The molecule has 10 nitrogen and oxygen atoms in total. The minimum absolute atomic E-state index is 0.124. The lowest BCUT2D eigenvalue weighted by Gasteiger charge is -2.35. The Bertz CT molecular complexity index is 1390. The highest BCUT2D eigenvalue weighted by Crippen LogP contribution is 2.36. The lowest BCUT2D eigenvalue weighted by Crippen LogP contribution is -2.45. The first-order valence-corrected chi connectivity index (χ1v) is 12.2. The van der Waals surface area contributed by atoms with Gasteiger partial charge in [0.2, 0.25) is 18.1 Å². The number of imidazole rings is 1. The topological polar surface area (TPSA) is 140 Å². The lowest BCUT2D eigenvalue weighted by atomic mass is 9.91. The molecule has 4 aromatic rings. The molecule has 1 saturated heterocycles. The van der Waals surface area contributed by atoms with E-state index >= 15 is 0 Å². The SMILES string of the molecule is CC1(C(=O)Nc2ccccc2)COC(c2nc(-c3ccc(F)cc3)c(-c3ccnc(NCCN)n3)[nH]2)OC1. The van der Waals surface area contributed by atoms with Crippen LogP contribution in [0.3, 0.4) is 0 Å². The summed E-state index contributed by atoms with van der Waals surface area (Å²) in [5, 5.41) is 5.97. The number of nitrogens with zero attached hydrogens (tertiary/aromatic N) is 3. The lowest BCUT2D eigenvalue weighted by molar-refractivity contribution is -0.229. The van der Waals surface area contributed by atoms with Gasteiger partial charge in [0, 0.05) is 30.5 Å². The molecule has 2 aromatic carbocycles. The summed E-state index contributed by atoms with van der Waals surface area (Å²) in [5.41, 5.74) is 7.78. The van der Waals surface area contributed by atoms with E-state index in [0.717, 1.165) is 0 Å². The van der Waals surface area contributed by atoms with Crippen molar-refractivity contribution in [3.05, 3.63) is 78.5 Å². The second kappa shape index (κ2) is 11.1. The summed E-state index contributed by atoms with van der Waals surface area (Å²) < 4.78 is 25.6. The van der Waals surface area contributed by atoms with Gasteiger partial charge in [-0.3, -0.25) is 4.79 Å².